The van der Waals surface area contributed by atoms with Gasteiger partial charge in [0.1, 0.15) is 0 Å². The second kappa shape index (κ2) is 8.42. The van der Waals surface area contributed by atoms with E-state index in [1.165, 1.54) is 11.3 Å². The Labute approximate surface area is 148 Å². The van der Waals surface area contributed by atoms with Crippen molar-refractivity contribution < 1.29 is 4.79 Å². The van der Waals surface area contributed by atoms with Gasteiger partial charge in [0.15, 0.2) is 0 Å². The Morgan fingerprint density at radius 2 is 1.96 bits per heavy atom. The molecule has 1 amide bonds. The highest BCUT2D eigenvalue weighted by atomic mass is 32.1. The predicted octanol–water partition coefficient (Wildman–Crippen LogP) is 4.74. The van der Waals surface area contributed by atoms with Crippen LogP contribution in [0, 0.1) is 0 Å². The number of nitrogens with one attached hydrogen (secondary N) is 2. The second-order valence-electron chi connectivity index (χ2n) is 5.04. The standard InChI is InChI=1S/C18H17N3OS2/c22-18(16-6-2-10-23-16)21-15-5-1-4-14(12-15)8-9-19-13-20-17-7-3-11-24-17/h1-7,10-13H,8-9H2,(H,19,20)(H,21,22). The molecule has 2 aromatic heterocycles. The molecule has 6 heteroatoms. The molecular formula is C18H17N3OS2. The van der Waals surface area contributed by atoms with Gasteiger partial charge in [-0.2, -0.15) is 0 Å². The molecular weight excluding hydrogens is 338 g/mol. The van der Waals surface area contributed by atoms with Crippen molar-refractivity contribution in [3.63, 3.8) is 0 Å². The van der Waals surface area contributed by atoms with Crippen LogP contribution in [-0.4, -0.2) is 18.8 Å². The van der Waals surface area contributed by atoms with Gasteiger partial charge in [-0.1, -0.05) is 18.2 Å². The molecule has 2 N–H and O–H groups in total. The van der Waals surface area contributed by atoms with E-state index in [2.05, 4.69) is 15.6 Å². The number of nitrogens with zero attached hydrogens (tertiary/aromatic N) is 1. The van der Waals surface area contributed by atoms with E-state index in [0.29, 0.717) is 11.4 Å². The molecule has 0 aliphatic carbocycles. The monoisotopic (exact) mass is 355 g/mol. The molecule has 0 aliphatic heterocycles. The highest BCUT2D eigenvalue weighted by molar-refractivity contribution is 7.14. The first-order chi connectivity index (χ1) is 11.8. The largest absolute Gasteiger partial charge is 0.338 e. The van der Waals surface area contributed by atoms with Gasteiger partial charge in [0.2, 0.25) is 0 Å². The Balaban J connectivity index is 1.49. The lowest BCUT2D eigenvalue weighted by molar-refractivity contribution is 0.103. The van der Waals surface area contributed by atoms with Crippen LogP contribution < -0.4 is 10.6 Å². The zero-order valence-corrected chi connectivity index (χ0v) is 14.6. The van der Waals surface area contributed by atoms with Crippen LogP contribution in [0.5, 0.6) is 0 Å². The number of anilines is 2. The van der Waals surface area contributed by atoms with Gasteiger partial charge in [-0.15, -0.1) is 22.7 Å². The molecule has 0 unspecified atom stereocenters. The minimum absolute atomic E-state index is 0.0691. The Kier molecular flexibility index (Phi) is 5.76. The smallest absolute Gasteiger partial charge is 0.265 e. The minimum atomic E-state index is -0.0691. The molecule has 0 saturated carbocycles. The fourth-order valence-corrected chi connectivity index (χ4v) is 3.33. The Hall–Kier alpha value is -2.44. The molecule has 0 fully saturated rings. The van der Waals surface area contributed by atoms with Gasteiger partial charge in [0, 0.05) is 12.2 Å². The maximum absolute atomic E-state index is 12.1. The van der Waals surface area contributed by atoms with Crippen LogP contribution in [0.1, 0.15) is 15.2 Å². The summed E-state index contributed by atoms with van der Waals surface area (Å²) in [6, 6.07) is 15.6. The van der Waals surface area contributed by atoms with Crippen LogP contribution in [0.2, 0.25) is 0 Å². The molecule has 0 saturated heterocycles. The number of hydrogen-bond acceptors (Lipinski definition) is 4. The first-order valence-electron chi connectivity index (χ1n) is 7.53. The van der Waals surface area contributed by atoms with Gasteiger partial charge in [-0.3, -0.25) is 9.79 Å². The molecule has 0 spiro atoms. The van der Waals surface area contributed by atoms with E-state index in [1.54, 1.807) is 17.7 Å². The number of thiophene rings is 2. The first-order valence-corrected chi connectivity index (χ1v) is 9.29. The van der Waals surface area contributed by atoms with E-state index in [9.17, 15) is 4.79 Å². The summed E-state index contributed by atoms with van der Waals surface area (Å²) in [6.45, 7) is 0.695. The molecule has 122 valence electrons. The lowest BCUT2D eigenvalue weighted by atomic mass is 10.1. The molecule has 0 atom stereocenters. The number of amides is 1. The number of rotatable bonds is 7. The van der Waals surface area contributed by atoms with Gasteiger partial charge in [0.25, 0.3) is 5.91 Å². The fourth-order valence-electron chi connectivity index (χ4n) is 2.13. The average Bonchev–Trinajstić information content (AvgIpc) is 3.29. The Morgan fingerprint density at radius 3 is 2.75 bits per heavy atom. The van der Waals surface area contributed by atoms with E-state index >= 15 is 0 Å². The van der Waals surface area contributed by atoms with Crippen LogP contribution in [0.25, 0.3) is 0 Å². The van der Waals surface area contributed by atoms with E-state index < -0.39 is 0 Å². The van der Waals surface area contributed by atoms with Crippen molar-refractivity contribution in [2.45, 2.75) is 6.42 Å². The van der Waals surface area contributed by atoms with Crippen LogP contribution in [-0.2, 0) is 6.42 Å². The zero-order valence-electron chi connectivity index (χ0n) is 12.9. The zero-order chi connectivity index (χ0) is 16.6. The third kappa shape index (κ3) is 4.78. The fraction of sp³-hybridized carbons (Fsp3) is 0.111. The van der Waals surface area contributed by atoms with Crippen molar-refractivity contribution in [2.75, 3.05) is 17.2 Å². The maximum atomic E-state index is 12.1. The number of hydrogen-bond donors (Lipinski definition) is 2. The minimum Gasteiger partial charge on any atom is -0.338 e. The summed E-state index contributed by atoms with van der Waals surface area (Å²) in [4.78, 5) is 17.1. The molecule has 0 aliphatic rings. The third-order valence-electron chi connectivity index (χ3n) is 3.28. The molecule has 24 heavy (non-hydrogen) atoms. The Bertz CT molecular complexity index is 796. The van der Waals surface area contributed by atoms with E-state index in [4.69, 9.17) is 0 Å². The molecule has 3 rings (SSSR count). The van der Waals surface area contributed by atoms with Crippen molar-refractivity contribution in [3.8, 4) is 0 Å². The summed E-state index contributed by atoms with van der Waals surface area (Å²) in [5.41, 5.74) is 1.96. The first kappa shape index (κ1) is 16.4. The Morgan fingerprint density at radius 1 is 1.08 bits per heavy atom. The molecule has 1 aromatic carbocycles. The highest BCUT2D eigenvalue weighted by Crippen LogP contribution is 2.15. The summed E-state index contributed by atoms with van der Waals surface area (Å²) >= 11 is 3.08. The van der Waals surface area contributed by atoms with Gasteiger partial charge in [-0.05, 0) is 53.1 Å². The lowest BCUT2D eigenvalue weighted by Crippen LogP contribution is -2.10. The molecule has 4 nitrogen and oxygen atoms in total. The number of aliphatic imine (C=N–C) groups is 1. The van der Waals surface area contributed by atoms with Crippen LogP contribution >= 0.6 is 22.7 Å². The van der Waals surface area contributed by atoms with Crippen LogP contribution in [0.4, 0.5) is 10.7 Å². The molecule has 3 aromatic rings. The number of carbonyl (C=O) groups excluding carboxylic acids is 1. The van der Waals surface area contributed by atoms with Crippen molar-refractivity contribution in [2.24, 2.45) is 4.99 Å². The quantitative estimate of drug-likeness (QED) is 0.475. The van der Waals surface area contributed by atoms with Crippen LogP contribution in [0.3, 0.4) is 0 Å². The highest BCUT2D eigenvalue weighted by Gasteiger charge is 2.06. The topological polar surface area (TPSA) is 53.5 Å². The van der Waals surface area contributed by atoms with Gasteiger partial charge >= 0.3 is 0 Å². The van der Waals surface area contributed by atoms with Crippen molar-refractivity contribution in [3.05, 3.63) is 69.7 Å². The normalized spacial score (nSPS) is 10.8. The summed E-state index contributed by atoms with van der Waals surface area (Å²) in [6.07, 6.45) is 2.56. The average molecular weight is 355 g/mol. The van der Waals surface area contributed by atoms with Gasteiger partial charge < -0.3 is 10.6 Å². The summed E-state index contributed by atoms with van der Waals surface area (Å²) < 4.78 is 0. The van der Waals surface area contributed by atoms with E-state index in [1.807, 2.05) is 59.3 Å². The van der Waals surface area contributed by atoms with Gasteiger partial charge in [-0.25, -0.2) is 0 Å². The molecule has 2 heterocycles. The predicted molar refractivity (Wildman–Crippen MR) is 104 cm³/mol. The van der Waals surface area contributed by atoms with Crippen molar-refractivity contribution in [1.29, 1.82) is 0 Å². The van der Waals surface area contributed by atoms with Crippen molar-refractivity contribution >= 4 is 45.6 Å². The summed E-state index contributed by atoms with van der Waals surface area (Å²) in [5.74, 6) is -0.0691. The SMILES string of the molecule is O=C(Nc1cccc(CCN=CNc2cccs2)c1)c1cccs1. The number of carbonyl (C=O) groups is 1. The number of benzene rings is 1. The molecule has 0 radical (unpaired) electrons. The second-order valence-corrected chi connectivity index (χ2v) is 6.93. The van der Waals surface area contributed by atoms with E-state index in [-0.39, 0.29) is 5.91 Å². The van der Waals surface area contributed by atoms with E-state index in [0.717, 1.165) is 22.7 Å². The maximum Gasteiger partial charge on any atom is 0.265 e. The van der Waals surface area contributed by atoms with Gasteiger partial charge in [0.05, 0.1) is 16.2 Å². The lowest BCUT2D eigenvalue weighted by Gasteiger charge is -2.06. The summed E-state index contributed by atoms with van der Waals surface area (Å²) in [7, 11) is 0. The van der Waals surface area contributed by atoms with Crippen molar-refractivity contribution in [1.82, 2.24) is 0 Å². The third-order valence-corrected chi connectivity index (χ3v) is 4.95. The summed E-state index contributed by atoms with van der Waals surface area (Å²) in [5, 5.41) is 11.1. The van der Waals surface area contributed by atoms with Crippen LogP contribution in [0.15, 0.2) is 64.3 Å². The molecule has 0 bridgehead atoms.